The number of hydrogen-bond acceptors (Lipinski definition) is 6. The Morgan fingerprint density at radius 3 is 2.42 bits per heavy atom. The first-order valence-electron chi connectivity index (χ1n) is 5.91. The van der Waals surface area contributed by atoms with E-state index in [0.29, 0.717) is 11.2 Å². The number of nitrogens with zero attached hydrogens (tertiary/aromatic N) is 1. The second kappa shape index (κ2) is 7.00. The lowest BCUT2D eigenvalue weighted by Crippen LogP contribution is -2.18. The van der Waals surface area contributed by atoms with Crippen molar-refractivity contribution in [3.8, 4) is 11.8 Å². The molecule has 0 spiro atoms. The van der Waals surface area contributed by atoms with Gasteiger partial charge in [0.05, 0.1) is 0 Å². The topological polar surface area (TPSA) is 71.7 Å². The fourth-order valence-electron chi connectivity index (χ4n) is 1.14. The predicted molar refractivity (Wildman–Crippen MR) is 78.4 cm³/mol. The van der Waals surface area contributed by atoms with Crippen LogP contribution in [0.15, 0.2) is 12.1 Å². The van der Waals surface area contributed by atoms with Crippen LogP contribution in [0.3, 0.4) is 0 Å². The zero-order valence-corrected chi connectivity index (χ0v) is 12.9. The maximum Gasteiger partial charge on any atom is 0.333 e. The molecule has 0 aliphatic heterocycles. The van der Waals surface area contributed by atoms with E-state index in [9.17, 15) is 15.0 Å². The molecular weight excluding hydrogens is 286 g/mol. The first-order valence-corrected chi connectivity index (χ1v) is 8.23. The fraction of sp³-hybridized carbons (Fsp3) is 0.583. The smallest absolute Gasteiger partial charge is 0.333 e. The number of hydrogen-bond donors (Lipinski definition) is 2. The van der Waals surface area contributed by atoms with Gasteiger partial charge in [-0.05, 0) is 6.42 Å². The van der Waals surface area contributed by atoms with E-state index in [0.717, 1.165) is 5.75 Å². The lowest BCUT2D eigenvalue weighted by molar-refractivity contribution is -0.145. The maximum absolute atomic E-state index is 11.5. The van der Waals surface area contributed by atoms with Crippen LogP contribution in [0, 0.1) is 0 Å². The minimum Gasteiger partial charge on any atom is -0.492 e. The van der Waals surface area contributed by atoms with Crippen molar-refractivity contribution in [1.29, 1.82) is 0 Å². The summed E-state index contributed by atoms with van der Waals surface area (Å²) < 4.78 is 0.910. The summed E-state index contributed by atoms with van der Waals surface area (Å²) in [7, 11) is 3.49. The molecule has 0 saturated carbocycles. The molecule has 0 radical (unpaired) electrons. The van der Waals surface area contributed by atoms with E-state index >= 15 is 0 Å². The van der Waals surface area contributed by atoms with Crippen LogP contribution in [0.5, 0.6) is 11.8 Å². The fourth-order valence-corrected chi connectivity index (χ4v) is 3.50. The Labute approximate surface area is 120 Å². The van der Waals surface area contributed by atoms with Crippen LogP contribution in [0.1, 0.15) is 33.6 Å². The van der Waals surface area contributed by atoms with Gasteiger partial charge < -0.3 is 15.1 Å². The number of carbonyl (C=O) groups excluding carboxylic acids is 1. The number of carbonyl (C=O) groups is 1. The summed E-state index contributed by atoms with van der Waals surface area (Å²) in [5.41, 5.74) is 0. The molecule has 2 N–H and O–H groups in total. The van der Waals surface area contributed by atoms with Gasteiger partial charge in [0.25, 0.3) is 0 Å². The minimum atomic E-state index is -0.483. The number of aromatic nitrogens is 1. The normalized spacial score (nSPS) is 11.5. The Balaban J connectivity index is 2.22. The Morgan fingerprint density at radius 2 is 1.89 bits per heavy atom. The molecule has 1 aromatic rings. The highest BCUT2D eigenvalue weighted by Crippen LogP contribution is 2.35. The molecule has 19 heavy (non-hydrogen) atoms. The first kappa shape index (κ1) is 16.1. The van der Waals surface area contributed by atoms with Gasteiger partial charge in [0.15, 0.2) is 0 Å². The summed E-state index contributed by atoms with van der Waals surface area (Å²) in [5, 5.41) is 18.6. The lowest BCUT2D eigenvalue weighted by Gasteiger charge is -2.15. The Hall–Kier alpha value is -0.950. The summed E-state index contributed by atoms with van der Waals surface area (Å²) >= 11 is 0. The van der Waals surface area contributed by atoms with Crippen molar-refractivity contribution in [1.82, 2.24) is 4.73 Å². The number of rotatable bonds is 6. The Bertz CT molecular complexity index is 406. The van der Waals surface area contributed by atoms with Gasteiger partial charge in [-0.2, -0.15) is 0 Å². The Morgan fingerprint density at radius 1 is 1.32 bits per heavy atom. The summed E-state index contributed by atoms with van der Waals surface area (Å²) in [6.07, 6.45) is 0.935. The summed E-state index contributed by atoms with van der Waals surface area (Å²) in [4.78, 5) is 16.3. The molecule has 0 saturated heterocycles. The van der Waals surface area contributed by atoms with E-state index in [4.69, 9.17) is 4.84 Å². The van der Waals surface area contributed by atoms with Crippen molar-refractivity contribution >= 4 is 27.6 Å². The highest BCUT2D eigenvalue weighted by Gasteiger charge is 2.13. The van der Waals surface area contributed by atoms with Gasteiger partial charge in [-0.15, -0.1) is 4.73 Å². The van der Waals surface area contributed by atoms with Crippen molar-refractivity contribution in [3.05, 3.63) is 12.1 Å². The van der Waals surface area contributed by atoms with E-state index in [1.165, 1.54) is 12.1 Å². The SMILES string of the molecule is CC(C)(C)SSCCCC(=O)On1c(O)ccc1O. The van der Waals surface area contributed by atoms with E-state index in [2.05, 4.69) is 20.8 Å². The summed E-state index contributed by atoms with van der Waals surface area (Å²) in [6, 6.07) is 2.50. The maximum atomic E-state index is 11.5. The van der Waals surface area contributed by atoms with Crippen LogP contribution in [0.4, 0.5) is 0 Å². The zero-order chi connectivity index (χ0) is 14.5. The molecule has 7 heteroatoms. The van der Waals surface area contributed by atoms with Crippen molar-refractivity contribution < 1.29 is 19.8 Å². The van der Waals surface area contributed by atoms with Gasteiger partial charge in [0, 0.05) is 29.1 Å². The molecule has 5 nitrogen and oxygen atoms in total. The van der Waals surface area contributed by atoms with Gasteiger partial charge in [0.2, 0.25) is 11.8 Å². The van der Waals surface area contributed by atoms with Crippen LogP contribution >= 0.6 is 21.6 Å². The molecule has 0 fully saturated rings. The van der Waals surface area contributed by atoms with Crippen LogP contribution in [-0.4, -0.2) is 31.4 Å². The van der Waals surface area contributed by atoms with Gasteiger partial charge >= 0.3 is 5.97 Å². The van der Waals surface area contributed by atoms with Crippen LogP contribution in [-0.2, 0) is 4.79 Å². The molecule has 1 aromatic heterocycles. The van der Waals surface area contributed by atoms with Crippen molar-refractivity contribution in [3.63, 3.8) is 0 Å². The van der Waals surface area contributed by atoms with Gasteiger partial charge in [-0.25, -0.2) is 4.79 Å². The monoisotopic (exact) mass is 305 g/mol. The molecule has 1 heterocycles. The molecular formula is C12H19NO4S2. The van der Waals surface area contributed by atoms with E-state index in [1.807, 2.05) is 0 Å². The summed E-state index contributed by atoms with van der Waals surface area (Å²) in [5.74, 6) is -0.240. The van der Waals surface area contributed by atoms with Gasteiger partial charge in [-0.3, -0.25) is 0 Å². The third kappa shape index (κ3) is 6.15. The largest absolute Gasteiger partial charge is 0.492 e. The molecule has 0 aliphatic rings. The zero-order valence-electron chi connectivity index (χ0n) is 11.3. The second-order valence-electron chi connectivity index (χ2n) is 4.93. The molecule has 0 atom stereocenters. The van der Waals surface area contributed by atoms with Gasteiger partial charge in [0.1, 0.15) is 0 Å². The van der Waals surface area contributed by atoms with Gasteiger partial charge in [-0.1, -0.05) is 42.4 Å². The average Bonchev–Trinajstić information content (AvgIpc) is 2.59. The predicted octanol–water partition coefficient (Wildman–Crippen LogP) is 2.81. The van der Waals surface area contributed by atoms with Crippen LogP contribution in [0.2, 0.25) is 0 Å². The highest BCUT2D eigenvalue weighted by molar-refractivity contribution is 8.77. The Kier molecular flexibility index (Phi) is 5.93. The first-order chi connectivity index (χ1) is 8.79. The standard InChI is InChI=1S/C12H19NO4S2/c1-12(2,3)19-18-8-4-5-11(16)17-13-9(14)6-7-10(13)15/h6-7,14-15H,4-5,8H2,1-3H3. The molecule has 0 bridgehead atoms. The number of aromatic hydroxyl groups is 2. The molecule has 1 rings (SSSR count). The van der Waals surface area contributed by atoms with Crippen molar-refractivity contribution in [2.45, 2.75) is 38.4 Å². The third-order valence-electron chi connectivity index (χ3n) is 1.91. The molecule has 0 amide bonds. The van der Waals surface area contributed by atoms with Crippen LogP contribution < -0.4 is 4.84 Å². The molecule has 108 valence electrons. The lowest BCUT2D eigenvalue weighted by atomic mass is 10.3. The van der Waals surface area contributed by atoms with Crippen molar-refractivity contribution in [2.75, 3.05) is 5.75 Å². The molecule has 0 aromatic carbocycles. The van der Waals surface area contributed by atoms with Crippen LogP contribution in [0.25, 0.3) is 0 Å². The average molecular weight is 305 g/mol. The summed E-state index contributed by atoms with van der Waals surface area (Å²) in [6.45, 7) is 6.41. The van der Waals surface area contributed by atoms with E-state index < -0.39 is 5.97 Å². The molecule has 0 unspecified atom stereocenters. The van der Waals surface area contributed by atoms with E-state index in [-0.39, 0.29) is 22.9 Å². The third-order valence-corrected chi connectivity index (χ3v) is 5.33. The highest BCUT2D eigenvalue weighted by atomic mass is 33.1. The van der Waals surface area contributed by atoms with Crippen molar-refractivity contribution in [2.24, 2.45) is 0 Å². The van der Waals surface area contributed by atoms with E-state index in [1.54, 1.807) is 21.6 Å². The minimum absolute atomic E-state index is 0.202. The molecule has 0 aliphatic carbocycles. The second-order valence-corrected chi connectivity index (χ2v) is 8.17. The quantitative estimate of drug-likeness (QED) is 0.622.